The van der Waals surface area contributed by atoms with Gasteiger partial charge in [-0.15, -0.1) is 6.58 Å². The maximum absolute atomic E-state index is 13.1. The predicted octanol–water partition coefficient (Wildman–Crippen LogP) is 4.67. The summed E-state index contributed by atoms with van der Waals surface area (Å²) in [5.41, 5.74) is -0.484. The van der Waals surface area contributed by atoms with Crippen LogP contribution in [0.3, 0.4) is 0 Å². The number of aromatic nitrogens is 3. The van der Waals surface area contributed by atoms with E-state index in [1.807, 2.05) is 0 Å². The number of hydrogen-bond donors (Lipinski definition) is 1. The first kappa shape index (κ1) is 16.5. The minimum absolute atomic E-state index is 0.0467. The maximum Gasteiger partial charge on any atom is 0.416 e. The average molecular weight is 349 g/mol. The van der Waals surface area contributed by atoms with E-state index in [0.717, 1.165) is 6.07 Å². The molecular weight excluding hydrogens is 340 g/mol. The van der Waals surface area contributed by atoms with Gasteiger partial charge < -0.3 is 5.32 Å². The molecule has 9 heteroatoms. The van der Waals surface area contributed by atoms with E-state index >= 15 is 0 Å². The number of anilines is 2. The summed E-state index contributed by atoms with van der Waals surface area (Å²) < 4.78 is 39.2. The zero-order valence-corrected chi connectivity index (χ0v) is 12.5. The number of nitrogens with zero attached hydrogens (tertiary/aromatic N) is 3. The standard InChI is InChI=1S/C13H9Cl2F3N4/c1-2-3-7-4-5-8(6-9(7)13(16,17)18)19-12-21-10(14)20-11(15)22-12/h2,4-6H,1,3H2,(H,19,20,21,22). The number of rotatable bonds is 4. The third kappa shape index (κ3) is 4.08. The van der Waals surface area contributed by atoms with Crippen LogP contribution in [0.2, 0.25) is 10.6 Å². The van der Waals surface area contributed by atoms with E-state index in [1.165, 1.54) is 18.2 Å². The van der Waals surface area contributed by atoms with Crippen molar-refractivity contribution in [2.24, 2.45) is 0 Å². The van der Waals surface area contributed by atoms with Crippen LogP contribution in [-0.4, -0.2) is 15.0 Å². The van der Waals surface area contributed by atoms with Crippen molar-refractivity contribution >= 4 is 34.8 Å². The molecule has 1 aromatic carbocycles. The Kier molecular flexibility index (Phi) is 4.87. The van der Waals surface area contributed by atoms with Gasteiger partial charge in [0.25, 0.3) is 0 Å². The van der Waals surface area contributed by atoms with Crippen molar-refractivity contribution in [3.63, 3.8) is 0 Å². The molecule has 2 rings (SSSR count). The third-order valence-electron chi connectivity index (χ3n) is 2.62. The molecule has 1 heterocycles. The molecule has 0 atom stereocenters. The van der Waals surface area contributed by atoms with Crippen LogP contribution in [0.25, 0.3) is 0 Å². The van der Waals surface area contributed by atoms with E-state index in [1.54, 1.807) is 0 Å². The molecule has 0 aliphatic heterocycles. The highest BCUT2D eigenvalue weighted by Crippen LogP contribution is 2.34. The summed E-state index contributed by atoms with van der Waals surface area (Å²) in [5, 5.41) is 2.28. The van der Waals surface area contributed by atoms with E-state index in [2.05, 4.69) is 26.8 Å². The summed E-state index contributed by atoms with van der Waals surface area (Å²) >= 11 is 11.2. The van der Waals surface area contributed by atoms with Gasteiger partial charge in [-0.3, -0.25) is 0 Å². The Balaban J connectivity index is 2.38. The van der Waals surface area contributed by atoms with E-state index in [-0.39, 0.29) is 34.2 Å². The highest BCUT2D eigenvalue weighted by Gasteiger charge is 2.33. The predicted molar refractivity (Wildman–Crippen MR) is 78.5 cm³/mol. The number of nitrogens with one attached hydrogen (secondary N) is 1. The molecule has 0 spiro atoms. The fourth-order valence-corrected chi connectivity index (χ4v) is 2.13. The average Bonchev–Trinajstić information content (AvgIpc) is 2.38. The van der Waals surface area contributed by atoms with E-state index in [0.29, 0.717) is 0 Å². The molecule has 0 aliphatic carbocycles. The Morgan fingerprint density at radius 1 is 1.14 bits per heavy atom. The van der Waals surface area contributed by atoms with Crippen LogP contribution >= 0.6 is 23.2 Å². The van der Waals surface area contributed by atoms with Gasteiger partial charge in [0.2, 0.25) is 16.5 Å². The second-order valence-electron chi connectivity index (χ2n) is 4.18. The minimum atomic E-state index is -4.48. The van der Waals surface area contributed by atoms with Crippen LogP contribution < -0.4 is 5.32 Å². The Morgan fingerprint density at radius 3 is 2.32 bits per heavy atom. The normalized spacial score (nSPS) is 11.3. The molecule has 0 fully saturated rings. The maximum atomic E-state index is 13.1. The molecule has 0 radical (unpaired) electrons. The zero-order valence-electron chi connectivity index (χ0n) is 11.0. The van der Waals surface area contributed by atoms with Gasteiger partial charge in [-0.2, -0.15) is 28.1 Å². The number of halogens is 5. The van der Waals surface area contributed by atoms with Crippen molar-refractivity contribution in [1.29, 1.82) is 0 Å². The first-order valence-corrected chi connectivity index (χ1v) is 6.70. The van der Waals surface area contributed by atoms with Crippen LogP contribution in [-0.2, 0) is 12.6 Å². The molecule has 2 aromatic rings. The fraction of sp³-hybridized carbons (Fsp3) is 0.154. The molecule has 0 aliphatic rings. The van der Waals surface area contributed by atoms with Crippen LogP contribution in [0.1, 0.15) is 11.1 Å². The lowest BCUT2D eigenvalue weighted by Gasteiger charge is -2.14. The lowest BCUT2D eigenvalue weighted by Crippen LogP contribution is -2.10. The molecule has 0 saturated heterocycles. The Morgan fingerprint density at radius 2 is 1.77 bits per heavy atom. The van der Waals surface area contributed by atoms with Crippen molar-refractivity contribution in [3.05, 3.63) is 52.5 Å². The van der Waals surface area contributed by atoms with Gasteiger partial charge in [0, 0.05) is 5.69 Å². The molecule has 0 amide bonds. The summed E-state index contributed by atoms with van der Waals surface area (Å²) in [7, 11) is 0. The van der Waals surface area contributed by atoms with Gasteiger partial charge in [0.1, 0.15) is 0 Å². The summed E-state index contributed by atoms with van der Waals surface area (Å²) in [6.07, 6.45) is -2.97. The zero-order chi connectivity index (χ0) is 16.3. The number of benzene rings is 1. The second kappa shape index (κ2) is 6.50. The van der Waals surface area contributed by atoms with Gasteiger partial charge in [-0.1, -0.05) is 12.1 Å². The number of alkyl halides is 3. The molecule has 0 bridgehead atoms. The number of allylic oxidation sites excluding steroid dienone is 1. The molecule has 22 heavy (non-hydrogen) atoms. The second-order valence-corrected chi connectivity index (χ2v) is 4.86. The van der Waals surface area contributed by atoms with Crippen LogP contribution in [0.15, 0.2) is 30.9 Å². The molecule has 1 N–H and O–H groups in total. The molecule has 116 valence electrons. The van der Waals surface area contributed by atoms with Gasteiger partial charge in [0.05, 0.1) is 5.56 Å². The SMILES string of the molecule is C=CCc1ccc(Nc2nc(Cl)nc(Cl)n2)cc1C(F)(F)F. The van der Waals surface area contributed by atoms with Crippen LogP contribution in [0, 0.1) is 0 Å². The fourth-order valence-electron chi connectivity index (χ4n) is 1.76. The monoisotopic (exact) mass is 348 g/mol. The van der Waals surface area contributed by atoms with Crippen LogP contribution in [0.5, 0.6) is 0 Å². The molecule has 1 aromatic heterocycles. The molecular formula is C13H9Cl2F3N4. The smallest absolute Gasteiger partial charge is 0.324 e. The molecule has 0 saturated carbocycles. The van der Waals surface area contributed by atoms with Gasteiger partial charge in [0.15, 0.2) is 0 Å². The first-order valence-electron chi connectivity index (χ1n) is 5.94. The summed E-state index contributed by atoms with van der Waals surface area (Å²) in [5.74, 6) is -0.0467. The van der Waals surface area contributed by atoms with Crippen molar-refractivity contribution in [2.45, 2.75) is 12.6 Å². The lowest BCUT2D eigenvalue weighted by atomic mass is 10.0. The van der Waals surface area contributed by atoms with Crippen molar-refractivity contribution in [3.8, 4) is 0 Å². The Labute approximate surface area is 134 Å². The lowest BCUT2D eigenvalue weighted by molar-refractivity contribution is -0.138. The van der Waals surface area contributed by atoms with E-state index in [4.69, 9.17) is 23.2 Å². The van der Waals surface area contributed by atoms with Crippen LogP contribution in [0.4, 0.5) is 24.8 Å². The molecule has 4 nitrogen and oxygen atoms in total. The third-order valence-corrected chi connectivity index (χ3v) is 2.95. The summed E-state index contributed by atoms with van der Waals surface area (Å²) in [4.78, 5) is 11.0. The minimum Gasteiger partial charge on any atom is -0.324 e. The van der Waals surface area contributed by atoms with E-state index < -0.39 is 11.7 Å². The number of hydrogen-bond acceptors (Lipinski definition) is 4. The van der Waals surface area contributed by atoms with Gasteiger partial charge in [-0.25, -0.2) is 0 Å². The first-order chi connectivity index (χ1) is 10.3. The highest BCUT2D eigenvalue weighted by molar-refractivity contribution is 6.31. The van der Waals surface area contributed by atoms with Crippen molar-refractivity contribution in [2.75, 3.05) is 5.32 Å². The highest BCUT2D eigenvalue weighted by atomic mass is 35.5. The Hall–Kier alpha value is -1.86. The van der Waals surface area contributed by atoms with Gasteiger partial charge in [-0.05, 0) is 47.3 Å². The van der Waals surface area contributed by atoms with Gasteiger partial charge >= 0.3 is 6.18 Å². The van der Waals surface area contributed by atoms with Crippen molar-refractivity contribution < 1.29 is 13.2 Å². The largest absolute Gasteiger partial charge is 0.416 e. The van der Waals surface area contributed by atoms with Crippen molar-refractivity contribution in [1.82, 2.24) is 15.0 Å². The molecule has 0 unspecified atom stereocenters. The van der Waals surface area contributed by atoms with E-state index in [9.17, 15) is 13.2 Å². The summed E-state index contributed by atoms with van der Waals surface area (Å²) in [6, 6.07) is 3.79. The topological polar surface area (TPSA) is 50.7 Å². The quantitative estimate of drug-likeness (QED) is 0.815. The summed E-state index contributed by atoms with van der Waals surface area (Å²) in [6.45, 7) is 3.45. The Bertz CT molecular complexity index is 684.